The molecule has 182 valence electrons. The summed E-state index contributed by atoms with van der Waals surface area (Å²) in [6.45, 7) is 8.36. The van der Waals surface area contributed by atoms with Gasteiger partial charge in [0.05, 0.1) is 21.5 Å². The number of benzene rings is 1. The highest BCUT2D eigenvalue weighted by Gasteiger charge is 2.32. The second-order valence-corrected chi connectivity index (χ2v) is 10.2. The van der Waals surface area contributed by atoms with Crippen molar-refractivity contribution in [3.8, 4) is 0 Å². The van der Waals surface area contributed by atoms with Crippen molar-refractivity contribution in [1.82, 2.24) is 25.6 Å². The molecule has 3 aromatic rings. The molecule has 4 rings (SSSR count). The number of hydrogen-bond acceptors (Lipinski definition) is 7. The van der Waals surface area contributed by atoms with E-state index in [1.807, 2.05) is 13.0 Å². The lowest BCUT2D eigenvalue weighted by Gasteiger charge is -2.39. The van der Waals surface area contributed by atoms with Gasteiger partial charge in [-0.3, -0.25) is 4.79 Å². The summed E-state index contributed by atoms with van der Waals surface area (Å²) < 4.78 is 0.675. The van der Waals surface area contributed by atoms with Crippen LogP contribution in [0.25, 0.3) is 10.2 Å². The quantitative estimate of drug-likeness (QED) is 0.370. The van der Waals surface area contributed by atoms with Crippen LogP contribution in [0.2, 0.25) is 5.15 Å². The molecule has 2 aromatic heterocycles. The number of nitrogens with one attached hydrogen (secondary N) is 3. The summed E-state index contributed by atoms with van der Waals surface area (Å²) in [6.07, 6.45) is 1.38. The number of carbonyl (C=O) groups is 2. The lowest BCUT2D eigenvalue weighted by atomic mass is 9.98. The van der Waals surface area contributed by atoms with Crippen molar-refractivity contribution in [2.45, 2.75) is 45.7 Å². The third kappa shape index (κ3) is 5.18. The molecule has 4 N–H and O–H groups in total. The minimum absolute atomic E-state index is 0.0119. The molecule has 1 aromatic carbocycles. The Hall–Kier alpha value is -2.69. The Kier molecular flexibility index (Phi) is 7.39. The third-order valence-electron chi connectivity index (χ3n) is 5.92. The zero-order chi connectivity index (χ0) is 24.4. The van der Waals surface area contributed by atoms with E-state index >= 15 is 0 Å². The van der Waals surface area contributed by atoms with E-state index in [2.05, 4.69) is 39.3 Å². The average molecular weight is 505 g/mol. The van der Waals surface area contributed by atoms with Crippen molar-refractivity contribution >= 4 is 50.2 Å². The van der Waals surface area contributed by atoms with Gasteiger partial charge in [0.2, 0.25) is 0 Å². The monoisotopic (exact) mass is 504 g/mol. The molecule has 0 spiro atoms. The number of aromatic amines is 1. The Balaban J connectivity index is 1.52. The van der Waals surface area contributed by atoms with Gasteiger partial charge in [-0.2, -0.15) is 0 Å². The van der Waals surface area contributed by atoms with E-state index in [1.165, 1.54) is 11.3 Å². The zero-order valence-corrected chi connectivity index (χ0v) is 21.0. The smallest absolute Gasteiger partial charge is 0.337 e. The number of thiazole rings is 1. The topological polar surface area (TPSA) is 123 Å². The predicted molar refractivity (Wildman–Crippen MR) is 134 cm³/mol. The van der Waals surface area contributed by atoms with Gasteiger partial charge in [-0.15, -0.1) is 0 Å². The summed E-state index contributed by atoms with van der Waals surface area (Å²) in [6, 6.07) is 5.05. The Morgan fingerprint density at radius 2 is 2.12 bits per heavy atom. The third-order valence-corrected chi connectivity index (χ3v) is 7.40. The summed E-state index contributed by atoms with van der Waals surface area (Å²) in [7, 11) is 0. The molecule has 9 nitrogen and oxygen atoms in total. The molecule has 0 saturated carbocycles. The van der Waals surface area contributed by atoms with E-state index in [1.54, 1.807) is 12.1 Å². The SMILES string of the molecule is CCc1[nH]c(C(=O)N[C@@H]2CCN(c3nc4cccc(C(=O)O)c4s3)C[C@@H]2NCC(C)C)nc1Cl. The lowest BCUT2D eigenvalue weighted by Crippen LogP contribution is -2.60. The van der Waals surface area contributed by atoms with Crippen molar-refractivity contribution in [3.63, 3.8) is 0 Å². The first-order chi connectivity index (χ1) is 16.3. The van der Waals surface area contributed by atoms with Crippen molar-refractivity contribution in [2.24, 2.45) is 5.92 Å². The normalized spacial score (nSPS) is 18.6. The Morgan fingerprint density at radius 1 is 1.32 bits per heavy atom. The number of nitrogens with zero attached hydrogens (tertiary/aromatic N) is 3. The number of fused-ring (bicyclic) bond motifs is 1. The van der Waals surface area contributed by atoms with Gasteiger partial charge in [0, 0.05) is 25.2 Å². The molecule has 0 radical (unpaired) electrons. The Labute approximate surface area is 206 Å². The first-order valence-corrected chi connectivity index (χ1v) is 12.6. The van der Waals surface area contributed by atoms with Gasteiger partial charge in [0.1, 0.15) is 0 Å². The molecule has 11 heteroatoms. The molecule has 0 bridgehead atoms. The number of imidazole rings is 1. The van der Waals surface area contributed by atoms with E-state index < -0.39 is 5.97 Å². The maximum atomic E-state index is 12.9. The summed E-state index contributed by atoms with van der Waals surface area (Å²) in [5.74, 6) is -0.562. The number of aromatic nitrogens is 3. The summed E-state index contributed by atoms with van der Waals surface area (Å²) in [5.41, 5.74) is 1.69. The predicted octanol–water partition coefficient (Wildman–Crippen LogP) is 3.56. The van der Waals surface area contributed by atoms with Gasteiger partial charge in [-0.25, -0.2) is 14.8 Å². The fourth-order valence-electron chi connectivity index (χ4n) is 4.10. The van der Waals surface area contributed by atoms with Crippen LogP contribution in [0.1, 0.15) is 53.9 Å². The van der Waals surface area contributed by atoms with Gasteiger partial charge in [-0.1, -0.05) is 49.8 Å². The number of aryl methyl sites for hydroxylation is 1. The molecule has 34 heavy (non-hydrogen) atoms. The summed E-state index contributed by atoms with van der Waals surface area (Å²) in [4.78, 5) is 38.5. The number of amides is 1. The maximum absolute atomic E-state index is 12.9. The molecule has 2 atom stereocenters. The maximum Gasteiger partial charge on any atom is 0.337 e. The number of rotatable bonds is 8. The Morgan fingerprint density at radius 3 is 2.79 bits per heavy atom. The van der Waals surface area contributed by atoms with E-state index in [0.717, 1.165) is 17.4 Å². The van der Waals surface area contributed by atoms with Crippen LogP contribution in [0.3, 0.4) is 0 Å². The molecule has 0 unspecified atom stereocenters. The highest BCUT2D eigenvalue weighted by atomic mass is 35.5. The molecular weight excluding hydrogens is 476 g/mol. The summed E-state index contributed by atoms with van der Waals surface area (Å²) >= 11 is 7.51. The van der Waals surface area contributed by atoms with E-state index in [-0.39, 0.29) is 29.4 Å². The molecule has 3 heterocycles. The first-order valence-electron chi connectivity index (χ1n) is 11.4. The largest absolute Gasteiger partial charge is 0.478 e. The standard InChI is InChI=1S/C23H29ClN6O3S/c1-4-14-19(24)29-20(26-14)21(31)27-15-8-9-30(11-17(15)25-10-12(2)3)23-28-16-7-5-6-13(22(32)33)18(16)34-23/h5-7,12,15,17,25H,4,8-11H2,1-3H3,(H,26,29)(H,27,31)(H,32,33)/t15-,17+/m1/s1. The van der Waals surface area contributed by atoms with Crippen LogP contribution in [0.5, 0.6) is 0 Å². The van der Waals surface area contributed by atoms with Crippen LogP contribution in [-0.4, -0.2) is 63.7 Å². The average Bonchev–Trinajstić information content (AvgIpc) is 3.41. The number of hydrogen-bond donors (Lipinski definition) is 4. The number of halogens is 1. The Bertz CT molecular complexity index is 1190. The highest BCUT2D eigenvalue weighted by molar-refractivity contribution is 7.22. The van der Waals surface area contributed by atoms with E-state index in [0.29, 0.717) is 47.2 Å². The molecule has 1 aliphatic heterocycles. The molecule has 1 fully saturated rings. The summed E-state index contributed by atoms with van der Waals surface area (Å²) in [5, 5.41) is 17.3. The van der Waals surface area contributed by atoms with Crippen LogP contribution >= 0.6 is 22.9 Å². The fraction of sp³-hybridized carbons (Fsp3) is 0.478. The van der Waals surface area contributed by atoms with Crippen LogP contribution in [0.15, 0.2) is 18.2 Å². The number of carboxylic acids is 1. The minimum atomic E-state index is -0.956. The second kappa shape index (κ2) is 10.3. The van der Waals surface area contributed by atoms with E-state index in [4.69, 9.17) is 16.6 Å². The number of H-pyrrole nitrogens is 1. The van der Waals surface area contributed by atoms with Gasteiger partial charge >= 0.3 is 5.97 Å². The first kappa shape index (κ1) is 24.4. The van der Waals surface area contributed by atoms with Crippen molar-refractivity contribution < 1.29 is 14.7 Å². The molecule has 0 aliphatic carbocycles. The van der Waals surface area contributed by atoms with Crippen LogP contribution in [-0.2, 0) is 6.42 Å². The second-order valence-electron chi connectivity index (χ2n) is 8.89. The fourth-order valence-corrected chi connectivity index (χ4v) is 5.47. The van der Waals surface area contributed by atoms with Crippen molar-refractivity contribution in [2.75, 3.05) is 24.5 Å². The van der Waals surface area contributed by atoms with Gasteiger partial charge < -0.3 is 25.6 Å². The molecular formula is C23H29ClN6O3S. The van der Waals surface area contributed by atoms with Crippen LogP contribution in [0.4, 0.5) is 5.13 Å². The number of piperidine rings is 1. The molecule has 1 saturated heterocycles. The number of carboxylic acid groups (broad SMARTS) is 1. The number of anilines is 1. The van der Waals surface area contributed by atoms with Crippen LogP contribution < -0.4 is 15.5 Å². The van der Waals surface area contributed by atoms with Gasteiger partial charge in [0.15, 0.2) is 16.1 Å². The van der Waals surface area contributed by atoms with Crippen LogP contribution in [0, 0.1) is 5.92 Å². The molecule has 1 amide bonds. The lowest BCUT2D eigenvalue weighted by molar-refractivity contribution is 0.0699. The van der Waals surface area contributed by atoms with Crippen molar-refractivity contribution in [1.29, 1.82) is 0 Å². The van der Waals surface area contributed by atoms with Gasteiger partial charge in [0.25, 0.3) is 5.91 Å². The highest BCUT2D eigenvalue weighted by Crippen LogP contribution is 2.33. The number of carbonyl (C=O) groups excluding carboxylic acids is 1. The minimum Gasteiger partial charge on any atom is -0.478 e. The van der Waals surface area contributed by atoms with Crippen molar-refractivity contribution in [3.05, 3.63) is 40.4 Å². The molecule has 1 aliphatic rings. The van der Waals surface area contributed by atoms with Gasteiger partial charge in [-0.05, 0) is 37.4 Å². The number of aromatic carboxylic acids is 1. The van der Waals surface area contributed by atoms with E-state index in [9.17, 15) is 14.7 Å². The zero-order valence-electron chi connectivity index (χ0n) is 19.4.